The third kappa shape index (κ3) is 6.75. The molecule has 1 aromatic rings. The van der Waals surface area contributed by atoms with Crippen LogP contribution < -0.4 is 19.5 Å². The number of imide groups is 1. The SMILES string of the molecule is COc1cc(NS(=O)(=O)C2=CC=C(NC(=O)CCC(=N)ON3C(=O)CCC3=O)CC2)nc(OC)n1. The van der Waals surface area contributed by atoms with Gasteiger partial charge in [0.1, 0.15) is 0 Å². The molecule has 0 bridgehead atoms. The standard InChI is InChI=1S/C20H24N6O8S/c1-32-17-11-15(23-20(24-17)33-2)25-35(30,31)13-5-3-12(4-6-13)22-16(27)8-7-14(21)34-26-18(28)9-10-19(26)29/h3,5,11,21H,4,6-10H2,1-2H3,(H,22,27)(H,23,24,25). The molecule has 3 N–H and O–H groups in total. The van der Waals surface area contributed by atoms with Gasteiger partial charge in [0.15, 0.2) is 5.82 Å². The second-order valence-electron chi connectivity index (χ2n) is 7.36. The normalized spacial score (nSPS) is 15.8. The first-order valence-electron chi connectivity index (χ1n) is 10.4. The van der Waals surface area contributed by atoms with Gasteiger partial charge in [-0.15, -0.1) is 5.06 Å². The van der Waals surface area contributed by atoms with E-state index >= 15 is 0 Å². The quantitative estimate of drug-likeness (QED) is 0.231. The van der Waals surface area contributed by atoms with Crippen molar-refractivity contribution in [3.05, 3.63) is 28.8 Å². The minimum Gasteiger partial charge on any atom is -0.481 e. The Morgan fingerprint density at radius 2 is 1.77 bits per heavy atom. The fourth-order valence-corrected chi connectivity index (χ4v) is 4.21. The van der Waals surface area contributed by atoms with Crippen molar-refractivity contribution >= 4 is 39.5 Å². The lowest BCUT2D eigenvalue weighted by Gasteiger charge is -2.17. The number of methoxy groups -OCH3 is 2. The van der Waals surface area contributed by atoms with Gasteiger partial charge in [-0.1, -0.05) is 0 Å². The second kappa shape index (κ2) is 10.9. The Hall–Kier alpha value is -4.01. The largest absolute Gasteiger partial charge is 0.481 e. The molecule has 0 radical (unpaired) electrons. The number of ether oxygens (including phenoxy) is 2. The molecule has 3 amide bonds. The molecule has 188 valence electrons. The average Bonchev–Trinajstić information content (AvgIpc) is 3.14. The Morgan fingerprint density at radius 3 is 2.37 bits per heavy atom. The molecule has 3 rings (SSSR count). The summed E-state index contributed by atoms with van der Waals surface area (Å²) in [4.78, 5) is 48.0. The van der Waals surface area contributed by atoms with E-state index in [-0.39, 0.29) is 61.1 Å². The lowest BCUT2D eigenvalue weighted by atomic mass is 10.1. The molecule has 35 heavy (non-hydrogen) atoms. The summed E-state index contributed by atoms with van der Waals surface area (Å²) in [5.74, 6) is -1.78. The van der Waals surface area contributed by atoms with Crippen LogP contribution in [0.1, 0.15) is 38.5 Å². The van der Waals surface area contributed by atoms with Gasteiger partial charge in [0.25, 0.3) is 21.8 Å². The van der Waals surface area contributed by atoms with Crippen molar-refractivity contribution in [2.24, 2.45) is 0 Å². The molecule has 1 saturated heterocycles. The monoisotopic (exact) mass is 508 g/mol. The molecule has 1 fully saturated rings. The van der Waals surface area contributed by atoms with Gasteiger partial charge < -0.3 is 19.6 Å². The Balaban J connectivity index is 1.53. The Bertz CT molecular complexity index is 1170. The molecule has 2 aliphatic rings. The van der Waals surface area contributed by atoms with Gasteiger partial charge in [-0.25, -0.2) is 8.42 Å². The highest BCUT2D eigenvalue weighted by molar-refractivity contribution is 7.96. The summed E-state index contributed by atoms with van der Waals surface area (Å²) in [6.45, 7) is 0. The highest BCUT2D eigenvalue weighted by atomic mass is 32.2. The van der Waals surface area contributed by atoms with Crippen LogP contribution in [-0.2, 0) is 29.2 Å². The summed E-state index contributed by atoms with van der Waals surface area (Å²) < 4.78 is 37.7. The fourth-order valence-electron chi connectivity index (χ4n) is 3.08. The average molecular weight is 509 g/mol. The molecule has 0 saturated carbocycles. The summed E-state index contributed by atoms with van der Waals surface area (Å²) in [6, 6.07) is 1.24. The number of rotatable bonds is 10. The van der Waals surface area contributed by atoms with E-state index in [0.29, 0.717) is 10.8 Å². The molecule has 0 unspecified atom stereocenters. The summed E-state index contributed by atoms with van der Waals surface area (Å²) >= 11 is 0. The van der Waals surface area contributed by atoms with E-state index in [1.165, 1.54) is 32.4 Å². The highest BCUT2D eigenvalue weighted by Crippen LogP contribution is 2.25. The van der Waals surface area contributed by atoms with E-state index < -0.39 is 33.6 Å². The number of nitrogens with one attached hydrogen (secondary N) is 3. The van der Waals surface area contributed by atoms with E-state index in [4.69, 9.17) is 19.7 Å². The third-order valence-electron chi connectivity index (χ3n) is 4.86. The zero-order valence-corrected chi connectivity index (χ0v) is 19.8. The molecule has 1 aromatic heterocycles. The topological polar surface area (TPSA) is 190 Å². The molecule has 1 aliphatic heterocycles. The van der Waals surface area contributed by atoms with Crippen LogP contribution in [0.15, 0.2) is 28.8 Å². The van der Waals surface area contributed by atoms with Crippen molar-refractivity contribution in [2.75, 3.05) is 18.9 Å². The van der Waals surface area contributed by atoms with E-state index in [1.54, 1.807) is 0 Å². The van der Waals surface area contributed by atoms with Crippen molar-refractivity contribution in [1.29, 1.82) is 5.41 Å². The number of aromatic nitrogens is 2. The first-order chi connectivity index (χ1) is 16.6. The van der Waals surface area contributed by atoms with Crippen LogP contribution in [0.25, 0.3) is 0 Å². The molecule has 0 spiro atoms. The molecular weight excluding hydrogens is 484 g/mol. The predicted octanol–water partition coefficient (Wildman–Crippen LogP) is 0.751. The summed E-state index contributed by atoms with van der Waals surface area (Å²) in [7, 11) is -1.23. The van der Waals surface area contributed by atoms with Gasteiger partial charge in [0, 0.05) is 37.4 Å². The maximum absolute atomic E-state index is 12.7. The van der Waals surface area contributed by atoms with Gasteiger partial charge in [-0.3, -0.25) is 24.5 Å². The van der Waals surface area contributed by atoms with Crippen molar-refractivity contribution in [3.63, 3.8) is 0 Å². The van der Waals surface area contributed by atoms with Gasteiger partial charge in [-0.05, 0) is 25.0 Å². The smallest absolute Gasteiger partial charge is 0.321 e. The molecule has 0 atom stereocenters. The third-order valence-corrected chi connectivity index (χ3v) is 6.36. The highest BCUT2D eigenvalue weighted by Gasteiger charge is 2.32. The van der Waals surface area contributed by atoms with Crippen LogP contribution in [0.2, 0.25) is 0 Å². The van der Waals surface area contributed by atoms with E-state index in [2.05, 4.69) is 20.0 Å². The van der Waals surface area contributed by atoms with Crippen LogP contribution in [0.5, 0.6) is 11.9 Å². The van der Waals surface area contributed by atoms with E-state index in [0.717, 1.165) is 0 Å². The lowest BCUT2D eigenvalue weighted by Crippen LogP contribution is -2.32. The minimum absolute atomic E-state index is 0.0281. The van der Waals surface area contributed by atoms with E-state index in [1.807, 2.05) is 0 Å². The number of hydrogen-bond donors (Lipinski definition) is 3. The van der Waals surface area contributed by atoms with Crippen molar-refractivity contribution in [3.8, 4) is 11.9 Å². The van der Waals surface area contributed by atoms with Crippen LogP contribution in [0, 0.1) is 5.41 Å². The van der Waals surface area contributed by atoms with Crippen LogP contribution in [-0.4, -0.2) is 61.3 Å². The molecular formula is C20H24N6O8S. The number of carbonyl (C=O) groups is 3. The molecule has 15 heteroatoms. The van der Waals surface area contributed by atoms with Crippen molar-refractivity contribution in [1.82, 2.24) is 20.3 Å². The zero-order chi connectivity index (χ0) is 25.6. The first kappa shape index (κ1) is 25.6. The second-order valence-corrected chi connectivity index (χ2v) is 9.09. The molecule has 14 nitrogen and oxygen atoms in total. The van der Waals surface area contributed by atoms with Gasteiger partial charge in [0.05, 0.1) is 19.1 Å². The van der Waals surface area contributed by atoms with Crippen molar-refractivity contribution < 1.29 is 37.1 Å². The number of carbonyl (C=O) groups excluding carboxylic acids is 3. The summed E-state index contributed by atoms with van der Waals surface area (Å²) in [5.41, 5.74) is 0.497. The fraction of sp³-hybridized carbons (Fsp3) is 0.400. The van der Waals surface area contributed by atoms with Crippen LogP contribution in [0.3, 0.4) is 0 Å². The number of allylic oxidation sites excluding steroid dienone is 4. The number of nitrogens with zero attached hydrogens (tertiary/aromatic N) is 3. The number of amides is 3. The predicted molar refractivity (Wildman–Crippen MR) is 120 cm³/mol. The van der Waals surface area contributed by atoms with Gasteiger partial charge in [0.2, 0.25) is 17.7 Å². The van der Waals surface area contributed by atoms with Crippen LogP contribution >= 0.6 is 0 Å². The Morgan fingerprint density at radius 1 is 1.06 bits per heavy atom. The van der Waals surface area contributed by atoms with E-state index in [9.17, 15) is 22.8 Å². The van der Waals surface area contributed by atoms with Gasteiger partial charge in [-0.2, -0.15) is 9.97 Å². The van der Waals surface area contributed by atoms with Crippen LogP contribution in [0.4, 0.5) is 5.82 Å². The molecule has 1 aliphatic carbocycles. The summed E-state index contributed by atoms with van der Waals surface area (Å²) in [6.07, 6.45) is 3.03. The first-order valence-corrected chi connectivity index (χ1v) is 11.9. The Labute approximate surface area is 200 Å². The maximum Gasteiger partial charge on any atom is 0.321 e. The number of sulfonamides is 1. The maximum atomic E-state index is 12.7. The Kier molecular flexibility index (Phi) is 8.01. The number of hydroxylamine groups is 2. The lowest BCUT2D eigenvalue weighted by molar-refractivity contribution is -0.167. The zero-order valence-electron chi connectivity index (χ0n) is 19.0. The minimum atomic E-state index is -3.93. The number of anilines is 1. The van der Waals surface area contributed by atoms with Gasteiger partial charge >= 0.3 is 6.01 Å². The molecule has 0 aromatic carbocycles. The number of hydrogen-bond acceptors (Lipinski definition) is 11. The van der Waals surface area contributed by atoms with Crippen molar-refractivity contribution in [2.45, 2.75) is 38.5 Å². The summed E-state index contributed by atoms with van der Waals surface area (Å²) in [5, 5.41) is 10.9. The molecule has 2 heterocycles.